The van der Waals surface area contributed by atoms with Crippen molar-refractivity contribution in [3.8, 4) is 5.75 Å². The van der Waals surface area contributed by atoms with Gasteiger partial charge in [0, 0.05) is 12.3 Å². The molecule has 0 bridgehead atoms. The van der Waals surface area contributed by atoms with Crippen molar-refractivity contribution in [3.63, 3.8) is 0 Å². The molecule has 0 fully saturated rings. The van der Waals surface area contributed by atoms with Crippen molar-refractivity contribution in [1.82, 2.24) is 0 Å². The minimum absolute atomic E-state index is 0.308. The third-order valence-electron chi connectivity index (χ3n) is 3.12. The van der Waals surface area contributed by atoms with E-state index in [1.165, 1.54) is 18.2 Å². The van der Waals surface area contributed by atoms with E-state index in [1.807, 2.05) is 13.8 Å². The van der Waals surface area contributed by atoms with Gasteiger partial charge in [-0.3, -0.25) is 4.57 Å². The highest BCUT2D eigenvalue weighted by Crippen LogP contribution is 2.51. The van der Waals surface area contributed by atoms with Crippen molar-refractivity contribution in [2.24, 2.45) is 0 Å². The Hall–Kier alpha value is -0.960. The second-order valence-corrected chi connectivity index (χ2v) is 7.76. The summed E-state index contributed by atoms with van der Waals surface area (Å²) in [6.07, 6.45) is -0.663. The number of alkyl halides is 3. The molecule has 0 radical (unpaired) electrons. The van der Waals surface area contributed by atoms with Gasteiger partial charge in [-0.15, -0.1) is 0 Å². The number of hydrogen-bond acceptors (Lipinski definition) is 2. The van der Waals surface area contributed by atoms with Crippen molar-refractivity contribution in [3.05, 3.63) is 29.8 Å². The fourth-order valence-electron chi connectivity index (χ4n) is 2.11. The maximum atomic E-state index is 12.9. The third kappa shape index (κ3) is 5.74. The molecular formula is C15H22F3O2P. The first-order chi connectivity index (χ1) is 9.82. The van der Waals surface area contributed by atoms with Crippen molar-refractivity contribution < 1.29 is 22.3 Å². The van der Waals surface area contributed by atoms with E-state index in [1.54, 1.807) is 0 Å². The molecule has 0 amide bonds. The van der Waals surface area contributed by atoms with Crippen molar-refractivity contribution >= 4 is 7.37 Å². The Bertz CT molecular complexity index is 486. The van der Waals surface area contributed by atoms with Gasteiger partial charge in [0.25, 0.3) is 0 Å². The largest absolute Gasteiger partial charge is 0.442 e. The van der Waals surface area contributed by atoms with Crippen LogP contribution in [0.25, 0.3) is 0 Å². The summed E-state index contributed by atoms with van der Waals surface area (Å²) in [6.45, 7) is 3.87. The minimum atomic E-state index is -4.50. The van der Waals surface area contributed by atoms with Crippen molar-refractivity contribution in [2.45, 2.75) is 45.7 Å². The highest BCUT2D eigenvalue weighted by Gasteiger charge is 2.36. The highest BCUT2D eigenvalue weighted by atomic mass is 31.2. The number of halogens is 3. The molecule has 0 N–H and O–H groups in total. The summed E-state index contributed by atoms with van der Waals surface area (Å²) in [7, 11) is -3.07. The second kappa shape index (κ2) is 7.88. The Morgan fingerprint density at radius 3 is 2.29 bits per heavy atom. The molecule has 1 unspecified atom stereocenters. The number of benzene rings is 1. The molecule has 0 saturated carbocycles. The molecule has 21 heavy (non-hydrogen) atoms. The van der Waals surface area contributed by atoms with Gasteiger partial charge in [0.05, 0.1) is 5.56 Å². The Morgan fingerprint density at radius 1 is 1.05 bits per heavy atom. The Balaban J connectivity index is 2.96. The van der Waals surface area contributed by atoms with Crippen LogP contribution in [-0.2, 0) is 10.7 Å². The zero-order valence-electron chi connectivity index (χ0n) is 12.4. The summed E-state index contributed by atoms with van der Waals surface area (Å²) in [6, 6.07) is 4.97. The zero-order valence-corrected chi connectivity index (χ0v) is 13.3. The summed E-state index contributed by atoms with van der Waals surface area (Å²) < 4.78 is 57.0. The lowest BCUT2D eigenvalue weighted by Crippen LogP contribution is -2.10. The monoisotopic (exact) mass is 322 g/mol. The minimum Gasteiger partial charge on any atom is -0.442 e. The molecule has 1 aromatic carbocycles. The van der Waals surface area contributed by atoms with E-state index in [0.29, 0.717) is 25.2 Å². The Labute approximate surface area is 124 Å². The van der Waals surface area contributed by atoms with Gasteiger partial charge in [-0.05, 0) is 25.0 Å². The summed E-state index contributed by atoms with van der Waals surface area (Å²) >= 11 is 0. The van der Waals surface area contributed by atoms with Crippen LogP contribution in [-0.4, -0.2) is 12.3 Å². The van der Waals surface area contributed by atoms with E-state index in [4.69, 9.17) is 4.52 Å². The molecule has 0 saturated heterocycles. The first-order valence-electron chi connectivity index (χ1n) is 7.26. The van der Waals surface area contributed by atoms with E-state index in [0.717, 1.165) is 18.9 Å². The second-order valence-electron chi connectivity index (χ2n) is 5.05. The predicted molar refractivity (Wildman–Crippen MR) is 79.2 cm³/mol. The molecule has 1 atom stereocenters. The fourth-order valence-corrected chi connectivity index (χ4v) is 4.42. The molecule has 1 rings (SSSR count). The van der Waals surface area contributed by atoms with Gasteiger partial charge in [-0.25, -0.2) is 0 Å². The van der Waals surface area contributed by atoms with Crippen LogP contribution >= 0.6 is 7.37 Å². The summed E-state index contributed by atoms with van der Waals surface area (Å²) in [5.74, 6) is -0.321. The van der Waals surface area contributed by atoms with Crippen LogP contribution in [0, 0.1) is 0 Å². The first kappa shape index (κ1) is 18.1. The number of hydrogen-bond donors (Lipinski definition) is 0. The average molecular weight is 322 g/mol. The van der Waals surface area contributed by atoms with Crippen molar-refractivity contribution in [1.29, 1.82) is 0 Å². The maximum absolute atomic E-state index is 12.9. The standard InChI is InChI=1S/C15H22F3O2P/c1-3-5-8-12-21(19,11-4-2)20-14-10-7-6-9-13(14)15(16,17)18/h6-7,9-10H,3-5,8,11-12H2,1-2H3. The quantitative estimate of drug-likeness (QED) is 0.436. The normalized spacial score (nSPS) is 14.7. The zero-order chi connectivity index (χ0) is 15.9. The van der Waals surface area contributed by atoms with Crippen LogP contribution in [0.1, 0.15) is 45.1 Å². The van der Waals surface area contributed by atoms with Gasteiger partial charge in [0.1, 0.15) is 5.75 Å². The van der Waals surface area contributed by atoms with E-state index >= 15 is 0 Å². The van der Waals surface area contributed by atoms with E-state index in [2.05, 4.69) is 0 Å². The molecule has 0 heterocycles. The van der Waals surface area contributed by atoms with Crippen LogP contribution in [0.5, 0.6) is 5.75 Å². The van der Waals surface area contributed by atoms with Gasteiger partial charge >= 0.3 is 6.18 Å². The molecule has 6 heteroatoms. The summed E-state index contributed by atoms with van der Waals surface area (Å²) in [4.78, 5) is 0. The fraction of sp³-hybridized carbons (Fsp3) is 0.600. The van der Waals surface area contributed by atoms with Crippen LogP contribution in [0.2, 0.25) is 0 Å². The van der Waals surface area contributed by atoms with Gasteiger partial charge < -0.3 is 4.52 Å². The van der Waals surface area contributed by atoms with E-state index < -0.39 is 19.1 Å². The maximum Gasteiger partial charge on any atom is 0.419 e. The van der Waals surface area contributed by atoms with Gasteiger partial charge in [0.2, 0.25) is 7.37 Å². The van der Waals surface area contributed by atoms with Crippen LogP contribution in [0.15, 0.2) is 24.3 Å². The summed E-state index contributed by atoms with van der Waals surface area (Å²) in [5.41, 5.74) is -0.864. The molecule has 0 aliphatic rings. The van der Waals surface area contributed by atoms with E-state index in [-0.39, 0.29) is 5.75 Å². The molecule has 1 aromatic rings. The average Bonchev–Trinajstić information content (AvgIpc) is 2.38. The van der Waals surface area contributed by atoms with Crippen LogP contribution in [0.4, 0.5) is 13.2 Å². The molecule has 0 aliphatic carbocycles. The molecule has 0 aliphatic heterocycles. The number of rotatable bonds is 8. The predicted octanol–water partition coefficient (Wildman–Crippen LogP) is 5.96. The molecule has 120 valence electrons. The highest BCUT2D eigenvalue weighted by molar-refractivity contribution is 7.59. The molecule has 0 spiro atoms. The SMILES string of the molecule is CCCCCP(=O)(CCC)Oc1ccccc1C(F)(F)F. The van der Waals surface area contributed by atoms with Gasteiger partial charge in [-0.2, -0.15) is 13.2 Å². The number of para-hydroxylation sites is 1. The summed E-state index contributed by atoms with van der Waals surface area (Å²) in [5, 5.41) is 0. The molecular weight excluding hydrogens is 300 g/mol. The third-order valence-corrected chi connectivity index (χ3v) is 5.78. The lowest BCUT2D eigenvalue weighted by Gasteiger charge is -2.21. The van der Waals surface area contributed by atoms with Crippen LogP contribution < -0.4 is 4.52 Å². The topological polar surface area (TPSA) is 26.3 Å². The molecule has 0 aromatic heterocycles. The van der Waals surface area contributed by atoms with Gasteiger partial charge in [0.15, 0.2) is 0 Å². The smallest absolute Gasteiger partial charge is 0.419 e. The number of unbranched alkanes of at least 4 members (excludes halogenated alkanes) is 2. The van der Waals surface area contributed by atoms with Crippen molar-refractivity contribution in [2.75, 3.05) is 12.3 Å². The van der Waals surface area contributed by atoms with Gasteiger partial charge in [-0.1, -0.05) is 38.8 Å². The lowest BCUT2D eigenvalue weighted by atomic mass is 10.2. The van der Waals surface area contributed by atoms with E-state index in [9.17, 15) is 17.7 Å². The molecule has 2 nitrogen and oxygen atoms in total. The van der Waals surface area contributed by atoms with Crippen LogP contribution in [0.3, 0.4) is 0 Å². The Morgan fingerprint density at radius 2 is 1.71 bits per heavy atom. The first-order valence-corrected chi connectivity index (χ1v) is 9.26. The lowest BCUT2D eigenvalue weighted by molar-refractivity contribution is -0.138. The Kier molecular flexibility index (Phi) is 6.79.